The van der Waals surface area contributed by atoms with E-state index in [1.807, 2.05) is 19.1 Å². The third-order valence-electron chi connectivity index (χ3n) is 2.03. The first-order valence-corrected chi connectivity index (χ1v) is 6.00. The van der Waals surface area contributed by atoms with Gasteiger partial charge in [0.15, 0.2) is 0 Å². The second kappa shape index (κ2) is 6.33. The molecule has 0 aliphatic carbocycles. The molecule has 3 nitrogen and oxygen atoms in total. The van der Waals surface area contributed by atoms with E-state index in [2.05, 4.69) is 0 Å². The van der Waals surface area contributed by atoms with Crippen molar-refractivity contribution in [3.8, 4) is 0 Å². The van der Waals surface area contributed by atoms with Crippen LogP contribution in [0.1, 0.15) is 22.8 Å². The zero-order valence-corrected chi connectivity index (χ0v) is 10.2. The van der Waals surface area contributed by atoms with Gasteiger partial charge in [-0.15, -0.1) is 11.8 Å². The SMILES string of the molecule is CCOC(=O)CSc1ccc(C=O)c(C)c1. The van der Waals surface area contributed by atoms with E-state index in [1.165, 1.54) is 11.8 Å². The van der Waals surface area contributed by atoms with Gasteiger partial charge in [-0.3, -0.25) is 9.59 Å². The van der Waals surface area contributed by atoms with E-state index in [-0.39, 0.29) is 5.97 Å². The summed E-state index contributed by atoms with van der Waals surface area (Å²) in [6.07, 6.45) is 0.828. The Morgan fingerprint density at radius 2 is 2.25 bits per heavy atom. The van der Waals surface area contributed by atoms with Crippen molar-refractivity contribution >= 4 is 24.0 Å². The normalized spacial score (nSPS) is 9.88. The molecule has 0 spiro atoms. The van der Waals surface area contributed by atoms with Gasteiger partial charge >= 0.3 is 5.97 Å². The summed E-state index contributed by atoms with van der Waals surface area (Å²) in [5.41, 5.74) is 1.60. The van der Waals surface area contributed by atoms with E-state index < -0.39 is 0 Å². The van der Waals surface area contributed by atoms with Crippen molar-refractivity contribution in [2.24, 2.45) is 0 Å². The van der Waals surface area contributed by atoms with Gasteiger partial charge in [-0.25, -0.2) is 0 Å². The molecule has 0 saturated heterocycles. The fraction of sp³-hybridized carbons (Fsp3) is 0.333. The molecule has 0 saturated carbocycles. The van der Waals surface area contributed by atoms with E-state index in [0.717, 1.165) is 16.7 Å². The van der Waals surface area contributed by atoms with Crippen LogP contribution < -0.4 is 0 Å². The van der Waals surface area contributed by atoms with Crippen molar-refractivity contribution in [2.75, 3.05) is 12.4 Å². The number of carbonyl (C=O) groups is 2. The zero-order valence-electron chi connectivity index (χ0n) is 9.36. The van der Waals surface area contributed by atoms with E-state index in [4.69, 9.17) is 4.74 Å². The van der Waals surface area contributed by atoms with Gasteiger partial charge in [0.25, 0.3) is 0 Å². The molecule has 1 rings (SSSR count). The molecule has 0 bridgehead atoms. The third-order valence-corrected chi connectivity index (χ3v) is 3.00. The molecule has 0 aromatic heterocycles. The molecule has 4 heteroatoms. The number of ether oxygens (including phenoxy) is 1. The number of rotatable bonds is 5. The van der Waals surface area contributed by atoms with Gasteiger partial charge in [0.2, 0.25) is 0 Å². The molecule has 0 aliphatic heterocycles. The molecule has 0 radical (unpaired) electrons. The van der Waals surface area contributed by atoms with Crippen LogP contribution in [0.3, 0.4) is 0 Å². The summed E-state index contributed by atoms with van der Waals surface area (Å²) in [5, 5.41) is 0. The van der Waals surface area contributed by atoms with Crippen LogP contribution in [0.2, 0.25) is 0 Å². The molecule has 0 N–H and O–H groups in total. The van der Waals surface area contributed by atoms with E-state index in [9.17, 15) is 9.59 Å². The molecule has 0 heterocycles. The lowest BCUT2D eigenvalue weighted by Gasteiger charge is -2.04. The van der Waals surface area contributed by atoms with E-state index >= 15 is 0 Å². The predicted octanol–water partition coefficient (Wildman–Crippen LogP) is 2.46. The first kappa shape index (κ1) is 12.8. The topological polar surface area (TPSA) is 43.4 Å². The number of aldehydes is 1. The van der Waals surface area contributed by atoms with Crippen LogP contribution >= 0.6 is 11.8 Å². The number of benzene rings is 1. The molecule has 16 heavy (non-hydrogen) atoms. The second-order valence-electron chi connectivity index (χ2n) is 3.23. The van der Waals surface area contributed by atoms with Crippen LogP contribution in [0.5, 0.6) is 0 Å². The Morgan fingerprint density at radius 3 is 2.81 bits per heavy atom. The van der Waals surface area contributed by atoms with Gasteiger partial charge in [0, 0.05) is 10.5 Å². The Hall–Kier alpha value is -1.29. The summed E-state index contributed by atoms with van der Waals surface area (Å²) in [6.45, 7) is 4.06. The maximum absolute atomic E-state index is 11.1. The lowest BCUT2D eigenvalue weighted by molar-refractivity contribution is -0.139. The lowest BCUT2D eigenvalue weighted by atomic mass is 10.1. The molecule has 0 amide bonds. The largest absolute Gasteiger partial charge is 0.465 e. The monoisotopic (exact) mass is 238 g/mol. The van der Waals surface area contributed by atoms with Crippen molar-refractivity contribution in [1.29, 1.82) is 0 Å². The Bertz CT molecular complexity index is 388. The number of carbonyl (C=O) groups excluding carboxylic acids is 2. The molecule has 0 unspecified atom stereocenters. The first-order valence-electron chi connectivity index (χ1n) is 5.01. The highest BCUT2D eigenvalue weighted by molar-refractivity contribution is 8.00. The van der Waals surface area contributed by atoms with Gasteiger partial charge in [-0.05, 0) is 31.5 Å². The minimum Gasteiger partial charge on any atom is -0.465 e. The fourth-order valence-electron chi connectivity index (χ4n) is 1.22. The number of thioether (sulfide) groups is 1. The third kappa shape index (κ3) is 3.70. The maximum Gasteiger partial charge on any atom is 0.316 e. The fourth-order valence-corrected chi connectivity index (χ4v) is 2.01. The number of hydrogen-bond donors (Lipinski definition) is 0. The summed E-state index contributed by atoms with van der Waals surface area (Å²) in [6, 6.07) is 5.49. The van der Waals surface area contributed by atoms with Gasteiger partial charge in [0.1, 0.15) is 6.29 Å². The lowest BCUT2D eigenvalue weighted by Crippen LogP contribution is -2.06. The second-order valence-corrected chi connectivity index (χ2v) is 4.28. The molecule has 0 atom stereocenters. The Balaban J connectivity index is 2.58. The van der Waals surface area contributed by atoms with Crippen LogP contribution in [0.15, 0.2) is 23.1 Å². The van der Waals surface area contributed by atoms with Crippen LogP contribution in [-0.4, -0.2) is 24.6 Å². The van der Waals surface area contributed by atoms with E-state index in [0.29, 0.717) is 17.9 Å². The minimum atomic E-state index is -0.218. The Kier molecular flexibility index (Phi) is 5.05. The molecule has 0 aliphatic rings. The zero-order chi connectivity index (χ0) is 12.0. The Labute approximate surface area is 99.2 Å². The standard InChI is InChI=1S/C12H14O3S/c1-3-15-12(14)8-16-11-5-4-10(7-13)9(2)6-11/h4-7H,3,8H2,1-2H3. The summed E-state index contributed by atoms with van der Waals surface area (Å²) < 4.78 is 4.82. The van der Waals surface area contributed by atoms with Gasteiger partial charge < -0.3 is 4.74 Å². The van der Waals surface area contributed by atoms with Gasteiger partial charge in [-0.2, -0.15) is 0 Å². The van der Waals surface area contributed by atoms with Crippen molar-refractivity contribution in [1.82, 2.24) is 0 Å². The number of esters is 1. The Morgan fingerprint density at radius 1 is 1.50 bits per heavy atom. The van der Waals surface area contributed by atoms with Gasteiger partial charge in [-0.1, -0.05) is 6.07 Å². The first-order chi connectivity index (χ1) is 7.67. The van der Waals surface area contributed by atoms with Crippen LogP contribution in [0.4, 0.5) is 0 Å². The molecular weight excluding hydrogens is 224 g/mol. The highest BCUT2D eigenvalue weighted by Crippen LogP contribution is 2.20. The van der Waals surface area contributed by atoms with Crippen LogP contribution in [0, 0.1) is 6.92 Å². The molecule has 0 fully saturated rings. The average molecular weight is 238 g/mol. The maximum atomic E-state index is 11.1. The minimum absolute atomic E-state index is 0.218. The summed E-state index contributed by atoms with van der Waals surface area (Å²) in [7, 11) is 0. The van der Waals surface area contributed by atoms with E-state index in [1.54, 1.807) is 13.0 Å². The van der Waals surface area contributed by atoms with Crippen molar-refractivity contribution < 1.29 is 14.3 Å². The molecule has 86 valence electrons. The smallest absolute Gasteiger partial charge is 0.316 e. The predicted molar refractivity (Wildman–Crippen MR) is 63.9 cm³/mol. The van der Waals surface area contributed by atoms with Crippen LogP contribution in [0.25, 0.3) is 0 Å². The highest BCUT2D eigenvalue weighted by Gasteiger charge is 2.04. The van der Waals surface area contributed by atoms with Gasteiger partial charge in [0.05, 0.1) is 12.4 Å². The van der Waals surface area contributed by atoms with Crippen LogP contribution in [-0.2, 0) is 9.53 Å². The average Bonchev–Trinajstić information content (AvgIpc) is 2.27. The molecule has 1 aromatic carbocycles. The van der Waals surface area contributed by atoms with Crippen molar-refractivity contribution in [3.05, 3.63) is 29.3 Å². The summed E-state index contributed by atoms with van der Waals surface area (Å²) in [5.74, 6) is 0.0814. The summed E-state index contributed by atoms with van der Waals surface area (Å²) >= 11 is 1.41. The van der Waals surface area contributed by atoms with Crippen molar-refractivity contribution in [2.45, 2.75) is 18.7 Å². The highest BCUT2D eigenvalue weighted by atomic mass is 32.2. The summed E-state index contributed by atoms with van der Waals surface area (Å²) in [4.78, 5) is 22.7. The molecular formula is C12H14O3S. The molecule has 1 aromatic rings. The number of aryl methyl sites for hydroxylation is 1. The number of hydrogen-bond acceptors (Lipinski definition) is 4. The van der Waals surface area contributed by atoms with Crippen molar-refractivity contribution in [3.63, 3.8) is 0 Å². The quantitative estimate of drug-likeness (QED) is 0.449.